The van der Waals surface area contributed by atoms with Crippen LogP contribution in [0.15, 0.2) is 59.4 Å². The average Bonchev–Trinajstić information content (AvgIpc) is 2.61. The maximum absolute atomic E-state index is 12.2. The first kappa shape index (κ1) is 16.7. The Morgan fingerprint density at radius 3 is 2.56 bits per heavy atom. The number of para-hydroxylation sites is 1. The van der Waals surface area contributed by atoms with E-state index in [0.717, 1.165) is 6.07 Å². The smallest absolute Gasteiger partial charge is 0.339 e. The molecule has 0 unspecified atom stereocenters. The molecule has 1 aromatic heterocycles. The van der Waals surface area contributed by atoms with Crippen molar-refractivity contribution < 1.29 is 14.3 Å². The highest BCUT2D eigenvalue weighted by molar-refractivity contribution is 6.30. The third-order valence-corrected chi connectivity index (χ3v) is 3.68. The number of esters is 1. The molecule has 0 saturated heterocycles. The first-order valence-corrected chi connectivity index (χ1v) is 7.75. The maximum Gasteiger partial charge on any atom is 0.339 e. The lowest BCUT2D eigenvalue weighted by Gasteiger charge is -2.08. The number of aromatic amines is 1. The van der Waals surface area contributed by atoms with E-state index in [1.807, 2.05) is 0 Å². The van der Waals surface area contributed by atoms with Gasteiger partial charge in [-0.15, -0.1) is 0 Å². The molecule has 0 atom stereocenters. The molecule has 2 N–H and O–H groups in total. The van der Waals surface area contributed by atoms with Gasteiger partial charge in [-0.3, -0.25) is 9.59 Å². The van der Waals surface area contributed by atoms with E-state index in [0.29, 0.717) is 21.6 Å². The van der Waals surface area contributed by atoms with Gasteiger partial charge in [0.15, 0.2) is 6.61 Å². The zero-order valence-electron chi connectivity index (χ0n) is 12.9. The summed E-state index contributed by atoms with van der Waals surface area (Å²) in [4.78, 5) is 38.4. The van der Waals surface area contributed by atoms with Gasteiger partial charge in [0.2, 0.25) is 5.56 Å². The van der Waals surface area contributed by atoms with Crippen molar-refractivity contribution in [1.29, 1.82) is 0 Å². The van der Waals surface area contributed by atoms with Gasteiger partial charge in [-0.05, 0) is 30.3 Å². The summed E-state index contributed by atoms with van der Waals surface area (Å²) in [5.41, 5.74) is 0.745. The summed E-state index contributed by atoms with van der Waals surface area (Å²) in [5.74, 6) is -1.24. The van der Waals surface area contributed by atoms with E-state index in [2.05, 4.69) is 10.3 Å². The predicted octanol–water partition coefficient (Wildman–Crippen LogP) is 2.98. The van der Waals surface area contributed by atoms with E-state index in [1.165, 1.54) is 0 Å². The molecule has 0 saturated carbocycles. The van der Waals surface area contributed by atoms with Crippen molar-refractivity contribution in [2.45, 2.75) is 0 Å². The minimum absolute atomic E-state index is 0.110. The molecule has 6 nitrogen and oxygen atoms in total. The van der Waals surface area contributed by atoms with Gasteiger partial charge in [-0.2, -0.15) is 0 Å². The molecule has 7 heteroatoms. The van der Waals surface area contributed by atoms with Crippen molar-refractivity contribution in [3.05, 3.63) is 75.5 Å². The van der Waals surface area contributed by atoms with Crippen LogP contribution < -0.4 is 10.9 Å². The monoisotopic (exact) mass is 356 g/mol. The molecule has 126 valence electrons. The van der Waals surface area contributed by atoms with E-state index in [-0.39, 0.29) is 5.56 Å². The van der Waals surface area contributed by atoms with Crippen LogP contribution in [0.4, 0.5) is 5.69 Å². The van der Waals surface area contributed by atoms with Gasteiger partial charge in [0, 0.05) is 27.7 Å². The summed E-state index contributed by atoms with van der Waals surface area (Å²) in [6.45, 7) is -0.470. The first-order chi connectivity index (χ1) is 12.0. The van der Waals surface area contributed by atoms with Gasteiger partial charge < -0.3 is 15.0 Å². The van der Waals surface area contributed by atoms with Crippen LogP contribution in [0.1, 0.15) is 10.4 Å². The standard InChI is InChI=1S/C18H13ClN2O4/c19-11-5-7-12(8-6-11)20-17(23)10-25-18(24)14-9-16(22)21-15-4-2-1-3-13(14)15/h1-9H,10H2,(H,20,23)(H,21,22). The Balaban J connectivity index is 1.69. The summed E-state index contributed by atoms with van der Waals surface area (Å²) in [6, 6.07) is 14.5. The van der Waals surface area contributed by atoms with Crippen LogP contribution in [-0.4, -0.2) is 23.5 Å². The van der Waals surface area contributed by atoms with E-state index >= 15 is 0 Å². The van der Waals surface area contributed by atoms with Crippen LogP contribution in [0.5, 0.6) is 0 Å². The van der Waals surface area contributed by atoms with Crippen molar-refractivity contribution in [1.82, 2.24) is 4.98 Å². The van der Waals surface area contributed by atoms with Crippen LogP contribution in [0, 0.1) is 0 Å². The second-order valence-electron chi connectivity index (χ2n) is 5.22. The molecule has 0 radical (unpaired) electrons. The molecule has 3 rings (SSSR count). The molecule has 0 spiro atoms. The number of pyridine rings is 1. The number of aromatic nitrogens is 1. The van der Waals surface area contributed by atoms with Crippen molar-refractivity contribution in [2.24, 2.45) is 0 Å². The number of benzene rings is 2. The van der Waals surface area contributed by atoms with Gasteiger partial charge in [0.05, 0.1) is 5.56 Å². The number of fused-ring (bicyclic) bond motifs is 1. The third kappa shape index (κ3) is 4.05. The zero-order valence-corrected chi connectivity index (χ0v) is 13.7. The number of rotatable bonds is 4. The van der Waals surface area contributed by atoms with Gasteiger partial charge in [-0.1, -0.05) is 29.8 Å². The van der Waals surface area contributed by atoms with Crippen LogP contribution >= 0.6 is 11.6 Å². The van der Waals surface area contributed by atoms with E-state index < -0.39 is 24.0 Å². The second-order valence-corrected chi connectivity index (χ2v) is 5.66. The van der Waals surface area contributed by atoms with Gasteiger partial charge >= 0.3 is 5.97 Å². The van der Waals surface area contributed by atoms with E-state index in [9.17, 15) is 14.4 Å². The number of nitrogens with one attached hydrogen (secondary N) is 2. The predicted molar refractivity (Wildman–Crippen MR) is 94.9 cm³/mol. The van der Waals surface area contributed by atoms with Crippen LogP contribution in [0.2, 0.25) is 5.02 Å². The second kappa shape index (κ2) is 7.19. The summed E-state index contributed by atoms with van der Waals surface area (Å²) in [6.07, 6.45) is 0. The highest BCUT2D eigenvalue weighted by Gasteiger charge is 2.14. The van der Waals surface area contributed by atoms with Crippen LogP contribution in [0.3, 0.4) is 0 Å². The summed E-state index contributed by atoms with van der Waals surface area (Å²) >= 11 is 5.77. The molecular weight excluding hydrogens is 344 g/mol. The Morgan fingerprint density at radius 2 is 1.80 bits per heavy atom. The fraction of sp³-hybridized carbons (Fsp3) is 0.0556. The number of ether oxygens (including phenoxy) is 1. The normalized spacial score (nSPS) is 10.4. The van der Waals surface area contributed by atoms with Crippen molar-refractivity contribution in [2.75, 3.05) is 11.9 Å². The molecule has 0 fully saturated rings. The van der Waals surface area contributed by atoms with Gasteiger partial charge in [-0.25, -0.2) is 4.79 Å². The summed E-state index contributed by atoms with van der Waals surface area (Å²) in [7, 11) is 0. The zero-order chi connectivity index (χ0) is 17.8. The third-order valence-electron chi connectivity index (χ3n) is 3.43. The summed E-state index contributed by atoms with van der Waals surface area (Å²) in [5, 5.41) is 3.68. The Kier molecular flexibility index (Phi) is 4.81. The van der Waals surface area contributed by atoms with E-state index in [1.54, 1.807) is 48.5 Å². The highest BCUT2D eigenvalue weighted by Crippen LogP contribution is 2.16. The number of H-pyrrole nitrogens is 1. The number of hydrogen-bond donors (Lipinski definition) is 2. The van der Waals surface area contributed by atoms with Crippen molar-refractivity contribution >= 4 is 40.1 Å². The number of amides is 1. The molecular formula is C18H13ClN2O4. The first-order valence-electron chi connectivity index (χ1n) is 7.37. The lowest BCUT2D eigenvalue weighted by Crippen LogP contribution is -2.21. The summed E-state index contributed by atoms with van der Waals surface area (Å²) < 4.78 is 5.02. The molecule has 0 bridgehead atoms. The Hall–Kier alpha value is -3.12. The largest absolute Gasteiger partial charge is 0.452 e. The lowest BCUT2D eigenvalue weighted by molar-refractivity contribution is -0.119. The molecule has 0 aliphatic carbocycles. The van der Waals surface area contributed by atoms with Crippen molar-refractivity contribution in [3.8, 4) is 0 Å². The molecule has 0 aliphatic heterocycles. The highest BCUT2D eigenvalue weighted by atomic mass is 35.5. The van der Waals surface area contributed by atoms with Crippen LogP contribution in [-0.2, 0) is 9.53 Å². The Morgan fingerprint density at radius 1 is 1.08 bits per heavy atom. The van der Waals surface area contributed by atoms with Crippen molar-refractivity contribution in [3.63, 3.8) is 0 Å². The number of carbonyl (C=O) groups excluding carboxylic acids is 2. The van der Waals surface area contributed by atoms with E-state index in [4.69, 9.17) is 16.3 Å². The SMILES string of the molecule is O=C(COC(=O)c1cc(=O)[nH]c2ccccc12)Nc1ccc(Cl)cc1. The van der Waals surface area contributed by atoms with Gasteiger partial charge in [0.1, 0.15) is 0 Å². The molecule has 1 heterocycles. The minimum Gasteiger partial charge on any atom is -0.452 e. The molecule has 0 aliphatic rings. The fourth-order valence-electron chi connectivity index (χ4n) is 2.31. The number of halogens is 1. The average molecular weight is 357 g/mol. The molecule has 3 aromatic rings. The van der Waals surface area contributed by atoms with Gasteiger partial charge in [0.25, 0.3) is 5.91 Å². The number of anilines is 1. The molecule has 1 amide bonds. The quantitative estimate of drug-likeness (QED) is 0.703. The van der Waals surface area contributed by atoms with Crippen LogP contribution in [0.25, 0.3) is 10.9 Å². The number of hydrogen-bond acceptors (Lipinski definition) is 4. The lowest BCUT2D eigenvalue weighted by atomic mass is 10.1. The molecule has 2 aromatic carbocycles. The fourth-order valence-corrected chi connectivity index (χ4v) is 2.44. The number of carbonyl (C=O) groups is 2. The minimum atomic E-state index is -0.742. The Bertz CT molecular complexity index is 996. The Labute approximate surface area is 147 Å². The molecule has 25 heavy (non-hydrogen) atoms. The maximum atomic E-state index is 12.2. The topological polar surface area (TPSA) is 88.3 Å².